The van der Waals surface area contributed by atoms with Crippen molar-refractivity contribution in [2.24, 2.45) is 10.4 Å². The highest BCUT2D eigenvalue weighted by Gasteiger charge is 2.41. The van der Waals surface area contributed by atoms with Crippen LogP contribution in [0.5, 0.6) is 0 Å². The minimum atomic E-state index is -0.570. The van der Waals surface area contributed by atoms with E-state index >= 15 is 0 Å². The van der Waals surface area contributed by atoms with Crippen LogP contribution in [-0.2, 0) is 4.74 Å². The molecule has 1 atom stereocenters. The molecule has 0 amide bonds. The molecule has 0 aromatic heterocycles. The smallest absolute Gasteiger partial charge is 0.191 e. The molecular weight excluding hydrogens is 451 g/mol. The van der Waals surface area contributed by atoms with E-state index in [2.05, 4.69) is 15.6 Å². The average molecular weight is 481 g/mol. The molecule has 0 saturated heterocycles. The number of halogens is 3. The Bertz CT molecular complexity index is 594. The standard InChI is InChI=1S/C19H29F2N3O.HI/c1-4-22-18(23-13-19(8-9-19)10-11-25-5-2)24-14(3)16-7-6-15(20)12-17(16)21;/h6-7,12,14H,4-5,8-11,13H2,1-3H3,(H2,22,23,24);1H. The number of rotatable bonds is 9. The van der Waals surface area contributed by atoms with Crippen molar-refractivity contribution in [2.75, 3.05) is 26.3 Å². The second kappa shape index (κ2) is 11.0. The molecule has 1 aliphatic rings. The molecule has 0 bridgehead atoms. The van der Waals surface area contributed by atoms with E-state index in [-0.39, 0.29) is 35.4 Å². The fourth-order valence-corrected chi connectivity index (χ4v) is 2.80. The monoisotopic (exact) mass is 481 g/mol. The molecule has 2 N–H and O–H groups in total. The molecule has 0 heterocycles. The van der Waals surface area contributed by atoms with Crippen LogP contribution in [0.15, 0.2) is 23.2 Å². The fourth-order valence-electron chi connectivity index (χ4n) is 2.80. The molecule has 1 fully saturated rings. The summed E-state index contributed by atoms with van der Waals surface area (Å²) in [5.74, 6) is -0.466. The first-order valence-electron chi connectivity index (χ1n) is 9.07. The topological polar surface area (TPSA) is 45.7 Å². The number of hydrogen-bond donors (Lipinski definition) is 2. The Labute approximate surface area is 172 Å². The molecule has 0 aliphatic heterocycles. The number of hydrogen-bond acceptors (Lipinski definition) is 2. The van der Waals surface area contributed by atoms with E-state index in [1.165, 1.54) is 25.0 Å². The lowest BCUT2D eigenvalue weighted by molar-refractivity contribution is 0.129. The zero-order valence-corrected chi connectivity index (χ0v) is 18.1. The number of nitrogens with zero attached hydrogens (tertiary/aromatic N) is 1. The van der Waals surface area contributed by atoms with Gasteiger partial charge in [0.15, 0.2) is 5.96 Å². The van der Waals surface area contributed by atoms with Crippen molar-refractivity contribution in [3.8, 4) is 0 Å². The lowest BCUT2D eigenvalue weighted by atomic mass is 10.0. The van der Waals surface area contributed by atoms with Crippen LogP contribution < -0.4 is 10.6 Å². The van der Waals surface area contributed by atoms with Gasteiger partial charge in [0.1, 0.15) is 11.6 Å². The Balaban J connectivity index is 0.00000338. The van der Waals surface area contributed by atoms with Crippen LogP contribution >= 0.6 is 24.0 Å². The zero-order chi connectivity index (χ0) is 18.3. The third-order valence-electron chi connectivity index (χ3n) is 4.64. The molecule has 0 spiro atoms. The van der Waals surface area contributed by atoms with Gasteiger partial charge in [-0.15, -0.1) is 24.0 Å². The Morgan fingerprint density at radius 2 is 2.04 bits per heavy atom. The summed E-state index contributed by atoms with van der Waals surface area (Å²) in [7, 11) is 0. The summed E-state index contributed by atoms with van der Waals surface area (Å²) in [6.45, 7) is 8.79. The van der Waals surface area contributed by atoms with E-state index in [0.29, 0.717) is 11.5 Å². The normalized spacial score (nSPS) is 16.6. The van der Waals surface area contributed by atoms with E-state index in [1.54, 1.807) is 0 Å². The lowest BCUT2D eigenvalue weighted by Gasteiger charge is -2.20. The molecular formula is C19H30F2IN3O. The highest BCUT2D eigenvalue weighted by Crippen LogP contribution is 2.49. The largest absolute Gasteiger partial charge is 0.382 e. The predicted octanol–water partition coefficient (Wildman–Crippen LogP) is 4.41. The van der Waals surface area contributed by atoms with Gasteiger partial charge in [0.25, 0.3) is 0 Å². The molecule has 1 unspecified atom stereocenters. The van der Waals surface area contributed by atoms with Crippen LogP contribution in [0.3, 0.4) is 0 Å². The van der Waals surface area contributed by atoms with E-state index in [1.807, 2.05) is 20.8 Å². The highest BCUT2D eigenvalue weighted by molar-refractivity contribution is 14.0. The first kappa shape index (κ1) is 23.1. The summed E-state index contributed by atoms with van der Waals surface area (Å²) < 4.78 is 32.5. The summed E-state index contributed by atoms with van der Waals surface area (Å²) >= 11 is 0. The Morgan fingerprint density at radius 3 is 2.62 bits per heavy atom. The van der Waals surface area contributed by atoms with Crippen molar-refractivity contribution in [1.29, 1.82) is 0 Å². The van der Waals surface area contributed by atoms with Gasteiger partial charge in [0.05, 0.1) is 6.04 Å². The molecule has 1 saturated carbocycles. The van der Waals surface area contributed by atoms with Crippen LogP contribution in [0.1, 0.15) is 51.6 Å². The van der Waals surface area contributed by atoms with Crippen molar-refractivity contribution in [1.82, 2.24) is 10.6 Å². The first-order chi connectivity index (χ1) is 12.0. The van der Waals surface area contributed by atoms with Gasteiger partial charge in [-0.05, 0) is 51.5 Å². The Kier molecular flexibility index (Phi) is 9.78. The summed E-state index contributed by atoms with van der Waals surface area (Å²) in [6.07, 6.45) is 3.36. The van der Waals surface area contributed by atoms with E-state index in [4.69, 9.17) is 4.74 Å². The van der Waals surface area contributed by atoms with Gasteiger partial charge in [0, 0.05) is 37.9 Å². The summed E-state index contributed by atoms with van der Waals surface area (Å²) in [6, 6.07) is 3.34. The van der Waals surface area contributed by atoms with Crippen molar-refractivity contribution in [3.63, 3.8) is 0 Å². The van der Waals surface area contributed by atoms with Crippen LogP contribution in [0, 0.1) is 17.0 Å². The van der Waals surface area contributed by atoms with Gasteiger partial charge in [-0.25, -0.2) is 8.78 Å². The van der Waals surface area contributed by atoms with E-state index in [0.717, 1.165) is 38.8 Å². The molecule has 4 nitrogen and oxygen atoms in total. The fraction of sp³-hybridized carbons (Fsp3) is 0.632. The number of aliphatic imine (C=N–C) groups is 1. The first-order valence-corrected chi connectivity index (χ1v) is 9.07. The van der Waals surface area contributed by atoms with Gasteiger partial charge in [-0.3, -0.25) is 4.99 Å². The quantitative estimate of drug-likeness (QED) is 0.238. The Morgan fingerprint density at radius 1 is 1.31 bits per heavy atom. The number of guanidine groups is 1. The average Bonchev–Trinajstić information content (AvgIpc) is 3.33. The minimum absolute atomic E-state index is 0. The molecule has 7 heteroatoms. The van der Waals surface area contributed by atoms with Crippen LogP contribution in [0.25, 0.3) is 0 Å². The molecule has 1 aromatic carbocycles. The van der Waals surface area contributed by atoms with E-state index in [9.17, 15) is 8.78 Å². The van der Waals surface area contributed by atoms with Crippen molar-refractivity contribution in [3.05, 3.63) is 35.4 Å². The SMILES string of the molecule is CCNC(=NCC1(CCOCC)CC1)NC(C)c1ccc(F)cc1F.I. The van der Waals surface area contributed by atoms with Gasteiger partial charge in [-0.2, -0.15) is 0 Å². The molecule has 148 valence electrons. The van der Waals surface area contributed by atoms with Crippen molar-refractivity contribution >= 4 is 29.9 Å². The number of ether oxygens (including phenoxy) is 1. The third kappa shape index (κ3) is 6.98. The maximum Gasteiger partial charge on any atom is 0.191 e. The van der Waals surface area contributed by atoms with Crippen molar-refractivity contribution in [2.45, 2.75) is 46.1 Å². The summed E-state index contributed by atoms with van der Waals surface area (Å²) in [5, 5.41) is 6.40. The van der Waals surface area contributed by atoms with Gasteiger partial charge in [-0.1, -0.05) is 6.07 Å². The highest BCUT2D eigenvalue weighted by atomic mass is 127. The van der Waals surface area contributed by atoms with Crippen LogP contribution in [0.2, 0.25) is 0 Å². The van der Waals surface area contributed by atoms with Gasteiger partial charge < -0.3 is 15.4 Å². The van der Waals surface area contributed by atoms with Crippen LogP contribution in [0.4, 0.5) is 8.78 Å². The molecule has 26 heavy (non-hydrogen) atoms. The molecule has 2 rings (SSSR count). The van der Waals surface area contributed by atoms with Crippen molar-refractivity contribution < 1.29 is 13.5 Å². The van der Waals surface area contributed by atoms with Crippen LogP contribution in [-0.4, -0.2) is 32.3 Å². The molecule has 1 aliphatic carbocycles. The van der Waals surface area contributed by atoms with Gasteiger partial charge >= 0.3 is 0 Å². The zero-order valence-electron chi connectivity index (χ0n) is 15.8. The maximum absolute atomic E-state index is 13.9. The number of nitrogens with one attached hydrogen (secondary N) is 2. The predicted molar refractivity (Wildman–Crippen MR) is 112 cm³/mol. The maximum atomic E-state index is 13.9. The number of benzene rings is 1. The summed E-state index contributed by atoms with van der Waals surface area (Å²) in [4.78, 5) is 4.68. The molecule has 0 radical (unpaired) electrons. The molecule has 1 aromatic rings. The Hall–Kier alpha value is -0.960. The minimum Gasteiger partial charge on any atom is -0.382 e. The second-order valence-electron chi connectivity index (χ2n) is 6.67. The summed E-state index contributed by atoms with van der Waals surface area (Å²) in [5.41, 5.74) is 0.673. The lowest BCUT2D eigenvalue weighted by Crippen LogP contribution is -2.39. The van der Waals surface area contributed by atoms with Gasteiger partial charge in [0.2, 0.25) is 0 Å². The third-order valence-corrected chi connectivity index (χ3v) is 4.64. The second-order valence-corrected chi connectivity index (χ2v) is 6.67. The van der Waals surface area contributed by atoms with E-state index < -0.39 is 11.6 Å².